The lowest BCUT2D eigenvalue weighted by Gasteiger charge is -2.31. The highest BCUT2D eigenvalue weighted by atomic mass is 19.1. The quantitative estimate of drug-likeness (QED) is 0.891. The van der Waals surface area contributed by atoms with Crippen LogP contribution >= 0.6 is 0 Å². The average Bonchev–Trinajstić information content (AvgIpc) is 2.58. The molecule has 1 aliphatic rings. The van der Waals surface area contributed by atoms with Crippen molar-refractivity contribution in [3.05, 3.63) is 64.5 Å². The van der Waals surface area contributed by atoms with Crippen molar-refractivity contribution in [2.45, 2.75) is 26.4 Å². The van der Waals surface area contributed by atoms with Gasteiger partial charge < -0.3 is 15.2 Å². The Morgan fingerprint density at radius 1 is 1.32 bits per heavy atom. The van der Waals surface area contributed by atoms with Crippen molar-refractivity contribution in [2.75, 3.05) is 11.9 Å². The van der Waals surface area contributed by atoms with Gasteiger partial charge in [0.05, 0.1) is 12.2 Å². The zero-order chi connectivity index (χ0) is 18.2. The summed E-state index contributed by atoms with van der Waals surface area (Å²) < 4.78 is 19.7. The fourth-order valence-electron chi connectivity index (χ4n) is 2.90. The van der Waals surface area contributed by atoms with E-state index in [1.165, 1.54) is 12.1 Å². The number of rotatable bonds is 3. The minimum absolute atomic E-state index is 0.00123. The molecule has 130 valence electrons. The van der Waals surface area contributed by atoms with E-state index in [4.69, 9.17) is 4.74 Å². The van der Waals surface area contributed by atoms with E-state index in [1.807, 2.05) is 26.0 Å². The van der Waals surface area contributed by atoms with Gasteiger partial charge in [-0.25, -0.2) is 4.39 Å². The summed E-state index contributed by atoms with van der Waals surface area (Å²) in [6.07, 6.45) is 3.67. The lowest BCUT2D eigenvalue weighted by molar-refractivity contribution is 0.0640. The third-order valence-corrected chi connectivity index (χ3v) is 4.40. The smallest absolute Gasteiger partial charge is 0.258 e. The molecule has 1 heterocycles. The molecule has 0 radical (unpaired) electrons. The molecular weight excluding hydrogens is 321 g/mol. The first-order valence-electron chi connectivity index (χ1n) is 8.04. The minimum atomic E-state index is -0.760. The highest BCUT2D eigenvalue weighted by Gasteiger charge is 2.28. The third kappa shape index (κ3) is 3.15. The topological polar surface area (TPSA) is 58.6 Å². The first-order chi connectivity index (χ1) is 11.8. The van der Waals surface area contributed by atoms with Crippen molar-refractivity contribution in [1.82, 2.24) is 0 Å². The number of ether oxygens (including phenoxy) is 1. The summed E-state index contributed by atoms with van der Waals surface area (Å²) in [4.78, 5) is 12.4. The summed E-state index contributed by atoms with van der Waals surface area (Å²) in [7, 11) is 0. The van der Waals surface area contributed by atoms with Crippen molar-refractivity contribution >= 4 is 17.7 Å². The van der Waals surface area contributed by atoms with Crippen LogP contribution in [0.5, 0.6) is 5.75 Å². The average molecular weight is 341 g/mol. The number of anilines is 1. The molecule has 1 aliphatic heterocycles. The molecule has 0 aliphatic carbocycles. The van der Waals surface area contributed by atoms with Crippen molar-refractivity contribution < 1.29 is 19.0 Å². The zero-order valence-electron chi connectivity index (χ0n) is 14.4. The highest BCUT2D eigenvalue weighted by molar-refractivity contribution is 6.05. The number of carbonyl (C=O) groups excluding carboxylic acids is 1. The van der Waals surface area contributed by atoms with Gasteiger partial charge in [-0.2, -0.15) is 0 Å². The fraction of sp³-hybridized carbons (Fsp3) is 0.250. The van der Waals surface area contributed by atoms with Gasteiger partial charge in [0.1, 0.15) is 17.2 Å². The van der Waals surface area contributed by atoms with Crippen molar-refractivity contribution in [3.8, 4) is 5.75 Å². The van der Waals surface area contributed by atoms with E-state index in [1.54, 1.807) is 25.1 Å². The number of hydrogen-bond donors (Lipinski definition) is 2. The molecule has 2 aromatic carbocycles. The van der Waals surface area contributed by atoms with Gasteiger partial charge in [0, 0.05) is 11.3 Å². The van der Waals surface area contributed by atoms with Crippen LogP contribution in [-0.2, 0) is 0 Å². The Labute approximate surface area is 145 Å². The Morgan fingerprint density at radius 2 is 2.04 bits per heavy atom. The van der Waals surface area contributed by atoms with Crippen LogP contribution in [0.3, 0.4) is 0 Å². The number of carbonyl (C=O) groups is 1. The molecule has 25 heavy (non-hydrogen) atoms. The summed E-state index contributed by atoms with van der Waals surface area (Å²) in [6.45, 7) is 5.39. The predicted octanol–water partition coefficient (Wildman–Crippen LogP) is 3.85. The van der Waals surface area contributed by atoms with Crippen molar-refractivity contribution in [3.63, 3.8) is 0 Å². The molecule has 0 fully saturated rings. The molecule has 1 unspecified atom stereocenters. The summed E-state index contributed by atoms with van der Waals surface area (Å²) in [5.74, 6) is -0.404. The molecule has 4 nitrogen and oxygen atoms in total. The van der Waals surface area contributed by atoms with Crippen LogP contribution in [0.2, 0.25) is 0 Å². The van der Waals surface area contributed by atoms with E-state index < -0.39 is 17.3 Å². The van der Waals surface area contributed by atoms with Crippen LogP contribution in [0.1, 0.15) is 34.0 Å². The number of amides is 1. The largest absolute Gasteiger partial charge is 0.480 e. The number of aliphatic hydroxyl groups is 1. The van der Waals surface area contributed by atoms with E-state index in [9.17, 15) is 14.3 Å². The standard InChI is InChI=1S/C20H20FNO3/c1-12-10-17-14(8-9-20(3,11-23)25-17)13(2)18(12)22-19(24)15-6-4-5-7-16(15)21/h4-10,23H,11H2,1-3H3,(H,22,24). The number of aliphatic hydroxyl groups excluding tert-OH is 1. The monoisotopic (exact) mass is 341 g/mol. The second-order valence-corrected chi connectivity index (χ2v) is 6.45. The highest BCUT2D eigenvalue weighted by Crippen LogP contribution is 2.38. The maximum Gasteiger partial charge on any atom is 0.258 e. The normalized spacial score (nSPS) is 18.4. The molecule has 0 aromatic heterocycles. The van der Waals surface area contributed by atoms with Gasteiger partial charge in [0.25, 0.3) is 5.91 Å². The van der Waals surface area contributed by atoms with E-state index in [0.29, 0.717) is 11.4 Å². The zero-order valence-corrected chi connectivity index (χ0v) is 14.4. The predicted molar refractivity (Wildman–Crippen MR) is 95.4 cm³/mol. The number of nitrogens with one attached hydrogen (secondary N) is 1. The van der Waals surface area contributed by atoms with Crippen LogP contribution in [0, 0.1) is 19.7 Å². The third-order valence-electron chi connectivity index (χ3n) is 4.40. The number of aryl methyl sites for hydroxylation is 1. The van der Waals surface area contributed by atoms with Gasteiger partial charge >= 0.3 is 0 Å². The Kier molecular flexibility index (Phi) is 4.35. The number of halogens is 1. The van der Waals surface area contributed by atoms with Crippen molar-refractivity contribution in [2.24, 2.45) is 0 Å². The van der Waals surface area contributed by atoms with Crippen LogP contribution in [0.15, 0.2) is 36.4 Å². The summed E-state index contributed by atoms with van der Waals surface area (Å²) in [5, 5.41) is 12.3. The van der Waals surface area contributed by atoms with Crippen LogP contribution in [-0.4, -0.2) is 23.2 Å². The molecule has 1 amide bonds. The lowest BCUT2D eigenvalue weighted by Crippen LogP contribution is -2.36. The van der Waals surface area contributed by atoms with Gasteiger partial charge in [0.15, 0.2) is 0 Å². The Balaban J connectivity index is 1.97. The fourth-order valence-corrected chi connectivity index (χ4v) is 2.90. The van der Waals surface area contributed by atoms with E-state index in [0.717, 1.165) is 16.7 Å². The summed E-state index contributed by atoms with van der Waals surface area (Å²) in [6, 6.07) is 7.69. The summed E-state index contributed by atoms with van der Waals surface area (Å²) >= 11 is 0. The molecule has 1 atom stereocenters. The molecule has 3 rings (SSSR count). The first-order valence-corrected chi connectivity index (χ1v) is 8.04. The van der Waals surface area contributed by atoms with Gasteiger partial charge in [-0.1, -0.05) is 18.2 Å². The molecular formula is C20H20FNO3. The van der Waals surface area contributed by atoms with Gasteiger partial charge in [0.2, 0.25) is 0 Å². The maximum absolute atomic E-state index is 13.8. The van der Waals surface area contributed by atoms with Crippen molar-refractivity contribution in [1.29, 1.82) is 0 Å². The molecule has 0 spiro atoms. The van der Waals surface area contributed by atoms with E-state index in [2.05, 4.69) is 5.32 Å². The SMILES string of the molecule is Cc1cc2c(c(C)c1NC(=O)c1ccccc1F)C=CC(C)(CO)O2. The number of fused-ring (bicyclic) bond motifs is 1. The molecule has 2 aromatic rings. The second-order valence-electron chi connectivity index (χ2n) is 6.45. The molecule has 5 heteroatoms. The molecule has 2 N–H and O–H groups in total. The summed E-state index contributed by atoms with van der Waals surface area (Å²) in [5.41, 5.74) is 2.34. The Morgan fingerprint density at radius 3 is 2.72 bits per heavy atom. The molecule has 0 bridgehead atoms. The van der Waals surface area contributed by atoms with Crippen LogP contribution in [0.25, 0.3) is 6.08 Å². The van der Waals surface area contributed by atoms with Gasteiger partial charge in [-0.3, -0.25) is 4.79 Å². The van der Waals surface area contributed by atoms with E-state index >= 15 is 0 Å². The maximum atomic E-state index is 13.8. The lowest BCUT2D eigenvalue weighted by atomic mass is 9.95. The Hall–Kier alpha value is -2.66. The van der Waals surface area contributed by atoms with Gasteiger partial charge in [-0.05, 0) is 56.2 Å². The van der Waals surface area contributed by atoms with Crippen LogP contribution < -0.4 is 10.1 Å². The second kappa shape index (κ2) is 6.33. The Bertz CT molecular complexity index is 875. The number of hydrogen-bond acceptors (Lipinski definition) is 3. The van der Waals surface area contributed by atoms with E-state index in [-0.39, 0.29) is 12.2 Å². The minimum Gasteiger partial charge on any atom is -0.480 e. The van der Waals surface area contributed by atoms with Crippen LogP contribution in [0.4, 0.5) is 10.1 Å². The molecule has 0 saturated heterocycles. The van der Waals surface area contributed by atoms with Gasteiger partial charge in [-0.15, -0.1) is 0 Å². The number of benzene rings is 2. The first kappa shape index (κ1) is 17.2. The molecule has 0 saturated carbocycles.